The monoisotopic (exact) mass is 1210 g/mol. The summed E-state index contributed by atoms with van der Waals surface area (Å²) in [4.78, 5) is 70.2. The van der Waals surface area contributed by atoms with Crippen molar-refractivity contribution in [3.63, 3.8) is 0 Å². The predicted octanol–water partition coefficient (Wildman–Crippen LogP) is 15.9. The van der Waals surface area contributed by atoms with Gasteiger partial charge in [0.2, 0.25) is 0 Å². The second kappa shape index (κ2) is 32.1. The first kappa shape index (κ1) is 70.5. The summed E-state index contributed by atoms with van der Waals surface area (Å²) in [6, 6.07) is 47.9. The van der Waals surface area contributed by atoms with Crippen molar-refractivity contribution in [3.8, 4) is 23.0 Å². The Morgan fingerprint density at radius 2 is 0.640 bits per heavy atom. The van der Waals surface area contributed by atoms with Gasteiger partial charge in [-0.3, -0.25) is 4.79 Å². The number of carbonyl (C=O) groups excluding carboxylic acids is 6. The molecule has 0 amide bonds. The number of ether oxygens (including phenoxy) is 8. The molecule has 0 aliphatic carbocycles. The van der Waals surface area contributed by atoms with Crippen molar-refractivity contribution >= 4 is 36.0 Å². The first-order valence-electron chi connectivity index (χ1n) is 29.6. The lowest BCUT2D eigenvalue weighted by Gasteiger charge is -2.31. The van der Waals surface area contributed by atoms with E-state index in [1.807, 2.05) is 66.7 Å². The zero-order valence-electron chi connectivity index (χ0n) is 53.8. The van der Waals surface area contributed by atoms with Gasteiger partial charge in [-0.05, 0) is 140 Å². The lowest BCUT2D eigenvalue weighted by Crippen LogP contribution is -2.23. The lowest BCUT2D eigenvalue weighted by molar-refractivity contribution is -0.140. The Bertz CT molecular complexity index is 3370. The molecule has 6 aromatic carbocycles. The molecule has 0 aromatic heterocycles. The SMILES string of the molecule is C=C(C)C(=O)OCCCCCC(=O)Oc1ccc(C(C)(C)c2cccc(C(C)(C)c3ccc(OC(=O)OC(=O)C(=C)C)cc3)c2)cc1.C=C(C)C(=O)OCCOc1ccc(C(C)(C)c2cccc(C(C)(C)c3ccc(OCCOC(=O)C(=C)C)cc3)c2)cc1. The van der Waals surface area contributed by atoms with Crippen molar-refractivity contribution < 1.29 is 66.7 Å². The molecule has 14 nitrogen and oxygen atoms in total. The minimum atomic E-state index is -1.11. The third-order valence-electron chi connectivity index (χ3n) is 15.3. The van der Waals surface area contributed by atoms with Gasteiger partial charge < -0.3 is 37.9 Å². The van der Waals surface area contributed by atoms with E-state index in [4.69, 9.17) is 33.2 Å². The third kappa shape index (κ3) is 20.7. The van der Waals surface area contributed by atoms with Crippen LogP contribution < -0.4 is 18.9 Å². The van der Waals surface area contributed by atoms with Gasteiger partial charge in [0, 0.05) is 50.4 Å². The van der Waals surface area contributed by atoms with E-state index in [1.165, 1.54) is 18.1 Å². The Balaban J connectivity index is 0.000000326. The zero-order valence-corrected chi connectivity index (χ0v) is 53.8. The molecule has 0 saturated heterocycles. The van der Waals surface area contributed by atoms with Gasteiger partial charge in [0.25, 0.3) is 0 Å². The van der Waals surface area contributed by atoms with E-state index < -0.39 is 30.0 Å². The Morgan fingerprint density at radius 1 is 0.337 bits per heavy atom. The fourth-order valence-corrected chi connectivity index (χ4v) is 9.21. The topological polar surface area (TPSA) is 176 Å². The van der Waals surface area contributed by atoms with E-state index in [0.717, 1.165) is 51.3 Å². The van der Waals surface area contributed by atoms with Crippen LogP contribution in [-0.2, 0) is 64.6 Å². The van der Waals surface area contributed by atoms with Gasteiger partial charge in [-0.2, -0.15) is 0 Å². The first-order valence-corrected chi connectivity index (χ1v) is 29.6. The molecule has 0 saturated carbocycles. The fraction of sp³-hybridized carbons (Fsp3) is 0.333. The van der Waals surface area contributed by atoms with Crippen LogP contribution in [-0.4, -0.2) is 69.0 Å². The normalized spacial score (nSPS) is 11.3. The van der Waals surface area contributed by atoms with E-state index in [9.17, 15) is 28.8 Å². The smallest absolute Gasteiger partial charge is 0.490 e. The molecule has 89 heavy (non-hydrogen) atoms. The largest absolute Gasteiger partial charge is 0.521 e. The van der Waals surface area contributed by atoms with Gasteiger partial charge >= 0.3 is 36.0 Å². The highest BCUT2D eigenvalue weighted by atomic mass is 16.7. The lowest BCUT2D eigenvalue weighted by atomic mass is 9.73. The van der Waals surface area contributed by atoms with Crippen molar-refractivity contribution in [2.75, 3.05) is 33.0 Å². The molecule has 14 heteroatoms. The summed E-state index contributed by atoms with van der Waals surface area (Å²) in [5.74, 6) is -0.185. The summed E-state index contributed by atoms with van der Waals surface area (Å²) in [5, 5.41) is 0. The van der Waals surface area contributed by atoms with Crippen LogP contribution in [0.3, 0.4) is 0 Å². The molecule has 0 spiro atoms. The number of carbonyl (C=O) groups is 6. The summed E-state index contributed by atoms with van der Waals surface area (Å²) < 4.78 is 42.0. The second-order valence-electron chi connectivity index (χ2n) is 24.0. The van der Waals surface area contributed by atoms with Crippen molar-refractivity contribution in [1.29, 1.82) is 0 Å². The minimum Gasteiger partial charge on any atom is -0.490 e. The molecule has 6 rings (SSSR count). The Morgan fingerprint density at radius 3 is 0.966 bits per heavy atom. The molecule has 0 atom stereocenters. The van der Waals surface area contributed by atoms with Gasteiger partial charge in [0.05, 0.1) is 6.61 Å². The van der Waals surface area contributed by atoms with Crippen molar-refractivity contribution in [2.45, 2.75) is 130 Å². The number of hydrogen-bond donors (Lipinski definition) is 0. The van der Waals surface area contributed by atoms with E-state index >= 15 is 0 Å². The number of esters is 5. The molecule has 0 fully saturated rings. The second-order valence-corrected chi connectivity index (χ2v) is 24.0. The van der Waals surface area contributed by atoms with Crippen molar-refractivity contribution in [1.82, 2.24) is 0 Å². The average Bonchev–Trinajstić information content (AvgIpc) is 2.42. The van der Waals surface area contributed by atoms with Crippen LogP contribution in [0.1, 0.15) is 153 Å². The summed E-state index contributed by atoms with van der Waals surface area (Å²) in [5.41, 5.74) is 9.02. The molecule has 470 valence electrons. The fourth-order valence-electron chi connectivity index (χ4n) is 9.21. The molecule has 0 radical (unpaired) electrons. The molecule has 0 N–H and O–H groups in total. The number of rotatable bonds is 28. The number of benzene rings is 6. The zero-order chi connectivity index (χ0) is 65.7. The summed E-state index contributed by atoms with van der Waals surface area (Å²) in [7, 11) is 0. The molecule has 0 heterocycles. The maximum Gasteiger partial charge on any atom is 0.521 e. The maximum atomic E-state index is 12.4. The Labute approximate surface area is 525 Å². The third-order valence-corrected chi connectivity index (χ3v) is 15.3. The molecule has 6 aromatic rings. The van der Waals surface area contributed by atoms with E-state index in [2.05, 4.69) is 153 Å². The highest BCUT2D eigenvalue weighted by molar-refractivity contribution is 5.94. The highest BCUT2D eigenvalue weighted by Crippen LogP contribution is 2.40. The van der Waals surface area contributed by atoms with Crippen LogP contribution in [0.4, 0.5) is 4.79 Å². The standard InChI is InChI=1S/C39H44O8.C36H42O6/c1-26(2)35(41)44-24-11-9-10-15-34(40)45-32-20-16-28(17-21-32)38(5,6)30-13-12-14-31(25-30)39(7,8)29-18-22-33(23-19-29)46-37(43)47-36(42)27(3)4;1-25(2)33(37)41-22-20-39-31-16-12-27(13-17-31)35(5,6)29-10-9-11-30(24-29)36(7,8)28-14-18-32(19-15-28)40-21-23-42-34(38)26(3)4/h12-14,16-23,25H,1,3,9-11,15,24H2,2,4-8H3;9-19,24H,1,3,20-23H2,2,4-8H3. The van der Waals surface area contributed by atoms with Crippen LogP contribution in [0.25, 0.3) is 0 Å². The van der Waals surface area contributed by atoms with Crippen LogP contribution in [0, 0.1) is 0 Å². The van der Waals surface area contributed by atoms with Crippen molar-refractivity contribution in [2.24, 2.45) is 0 Å². The van der Waals surface area contributed by atoms with Crippen LogP contribution in [0.15, 0.2) is 194 Å². The van der Waals surface area contributed by atoms with E-state index in [-0.39, 0.29) is 71.8 Å². The maximum absolute atomic E-state index is 12.4. The molecule has 0 unspecified atom stereocenters. The molecular formula is C75H86O14. The Kier molecular flexibility index (Phi) is 25.4. The number of unbranched alkanes of at least 4 members (excludes halogenated alkanes) is 2. The molecule has 0 aliphatic heterocycles. The van der Waals surface area contributed by atoms with Crippen LogP contribution >= 0.6 is 0 Å². The van der Waals surface area contributed by atoms with Gasteiger partial charge in [-0.1, -0.05) is 179 Å². The quantitative estimate of drug-likeness (QED) is 0.00862. The van der Waals surface area contributed by atoms with Gasteiger partial charge in [0.15, 0.2) is 0 Å². The van der Waals surface area contributed by atoms with Gasteiger partial charge in [-0.25, -0.2) is 24.0 Å². The van der Waals surface area contributed by atoms with E-state index in [1.54, 1.807) is 32.9 Å². The summed E-state index contributed by atoms with van der Waals surface area (Å²) >= 11 is 0. The van der Waals surface area contributed by atoms with Gasteiger partial charge in [-0.15, -0.1) is 0 Å². The first-order chi connectivity index (χ1) is 41.9. The van der Waals surface area contributed by atoms with Gasteiger partial charge in [0.1, 0.15) is 49.4 Å². The van der Waals surface area contributed by atoms with Crippen LogP contribution in [0.5, 0.6) is 23.0 Å². The predicted molar refractivity (Wildman–Crippen MR) is 347 cm³/mol. The average molecular weight is 1210 g/mol. The molecule has 0 bridgehead atoms. The Hall–Kier alpha value is -9.30. The molecule has 0 aliphatic rings. The molecular weight excluding hydrogens is 1120 g/mol. The number of hydrogen-bond acceptors (Lipinski definition) is 14. The van der Waals surface area contributed by atoms with Crippen LogP contribution in [0.2, 0.25) is 0 Å². The van der Waals surface area contributed by atoms with Crippen molar-refractivity contribution in [3.05, 3.63) is 239 Å². The highest BCUT2D eigenvalue weighted by Gasteiger charge is 2.30. The summed E-state index contributed by atoms with van der Waals surface area (Å²) in [6.45, 7) is 39.0. The minimum absolute atomic E-state index is 0.101. The summed E-state index contributed by atoms with van der Waals surface area (Å²) in [6.07, 6.45) is 1.23. The van der Waals surface area contributed by atoms with E-state index in [0.29, 0.717) is 41.9 Å².